The minimum atomic E-state index is -2.65. The molecule has 4 atom stereocenters. The summed E-state index contributed by atoms with van der Waals surface area (Å²) in [6, 6.07) is 10.0. The number of carbonyl (C=O) groups is 1. The lowest BCUT2D eigenvalue weighted by Gasteiger charge is -2.34. The number of amides is 1. The minimum Gasteiger partial charge on any atom is -0.440 e. The number of rotatable bonds is 3. The van der Waals surface area contributed by atoms with Crippen molar-refractivity contribution in [2.45, 2.75) is 37.2 Å². The van der Waals surface area contributed by atoms with Crippen LogP contribution in [0.3, 0.4) is 0 Å². The smallest absolute Gasteiger partial charge is 0.407 e. The second-order valence-corrected chi connectivity index (χ2v) is 8.90. The fourth-order valence-corrected chi connectivity index (χ4v) is 5.56. The topological polar surface area (TPSA) is 51.2 Å². The molecule has 1 N–H and O–H groups in total. The van der Waals surface area contributed by atoms with Gasteiger partial charge in [0.2, 0.25) is 5.92 Å². The fraction of sp³-hybridized carbons (Fsp3) is 0.417. The lowest BCUT2D eigenvalue weighted by atomic mass is 9.75. The molecule has 1 aliphatic heterocycles. The molecule has 0 unspecified atom stereocenters. The Kier molecular flexibility index (Phi) is 4.79. The lowest BCUT2D eigenvalue weighted by molar-refractivity contribution is -0.0659. The van der Waals surface area contributed by atoms with Crippen LogP contribution < -0.4 is 5.32 Å². The first kappa shape index (κ1) is 20.1. The van der Waals surface area contributed by atoms with Gasteiger partial charge in [-0.25, -0.2) is 18.0 Å². The maximum Gasteiger partial charge on any atom is 0.407 e. The highest BCUT2D eigenvalue weighted by Crippen LogP contribution is 2.56. The first-order chi connectivity index (χ1) is 14.8. The first-order valence-electron chi connectivity index (χ1n) is 10.6. The van der Waals surface area contributed by atoms with Crippen molar-refractivity contribution in [2.75, 3.05) is 6.54 Å². The molecule has 2 aliphatic carbocycles. The zero-order chi connectivity index (χ0) is 21.6. The van der Waals surface area contributed by atoms with Gasteiger partial charge in [0, 0.05) is 30.5 Å². The van der Waals surface area contributed by atoms with E-state index in [1.165, 1.54) is 12.1 Å². The molecular formula is C24H23F3N2O2. The maximum atomic E-state index is 14.0. The number of hydrogen-bond acceptors (Lipinski definition) is 3. The summed E-state index contributed by atoms with van der Waals surface area (Å²) in [7, 11) is 0. The summed E-state index contributed by atoms with van der Waals surface area (Å²) in [5.41, 5.74) is 1.48. The zero-order valence-corrected chi connectivity index (χ0v) is 16.9. The van der Waals surface area contributed by atoms with Crippen molar-refractivity contribution in [3.05, 3.63) is 60.2 Å². The number of alkyl carbamates (subject to hydrolysis) is 1. The average molecular weight is 428 g/mol. The Morgan fingerprint density at radius 1 is 1.16 bits per heavy atom. The normalized spacial score (nSPS) is 31.6. The number of nitrogens with zero attached hydrogens (tertiary/aromatic N) is 1. The van der Waals surface area contributed by atoms with E-state index in [0.717, 1.165) is 11.1 Å². The van der Waals surface area contributed by atoms with Gasteiger partial charge in [-0.3, -0.25) is 4.98 Å². The van der Waals surface area contributed by atoms with Crippen LogP contribution >= 0.6 is 0 Å². The molecule has 1 amide bonds. The number of benzene rings is 1. The van der Waals surface area contributed by atoms with Gasteiger partial charge < -0.3 is 10.1 Å². The van der Waals surface area contributed by atoms with Crippen LogP contribution in [0.15, 0.2) is 48.7 Å². The number of fused-ring (bicyclic) bond motifs is 1. The standard InChI is InChI=1S/C24H23F3N2O2/c25-18-3-1-2-15(10-18)16-4-5-19(28-13-16)6-7-21-20-8-9-24(26,27)12-17(20)11-23(21)14-29-22(30)31-23/h1-7,10,13,17,20-21H,8-9,11-12,14H2,(H,29,30)/b7-6+/t17-,20-,21+,23+/m0/s1. The van der Waals surface area contributed by atoms with Crippen molar-refractivity contribution >= 4 is 12.2 Å². The summed E-state index contributed by atoms with van der Waals surface area (Å²) < 4.78 is 47.1. The van der Waals surface area contributed by atoms with Gasteiger partial charge in [0.1, 0.15) is 11.4 Å². The number of pyridine rings is 1. The van der Waals surface area contributed by atoms with E-state index in [-0.39, 0.29) is 36.4 Å². The minimum absolute atomic E-state index is 0.0511. The number of hydrogen-bond donors (Lipinski definition) is 1. The number of aromatic nitrogens is 1. The molecule has 0 bridgehead atoms. The van der Waals surface area contributed by atoms with E-state index in [9.17, 15) is 18.0 Å². The van der Waals surface area contributed by atoms with Gasteiger partial charge >= 0.3 is 6.09 Å². The molecule has 2 heterocycles. The van der Waals surface area contributed by atoms with Crippen molar-refractivity contribution < 1.29 is 22.7 Å². The maximum absolute atomic E-state index is 14.0. The molecule has 0 radical (unpaired) electrons. The summed E-state index contributed by atoms with van der Waals surface area (Å²) in [5, 5.41) is 2.71. The molecule has 1 aromatic carbocycles. The van der Waals surface area contributed by atoms with Gasteiger partial charge in [-0.05, 0) is 54.5 Å². The summed E-state index contributed by atoms with van der Waals surface area (Å²) in [4.78, 5) is 16.3. The predicted molar refractivity (Wildman–Crippen MR) is 110 cm³/mol. The highest BCUT2D eigenvalue weighted by atomic mass is 19.3. The number of halogens is 3. The Bertz CT molecular complexity index is 1020. The molecule has 3 fully saturated rings. The van der Waals surface area contributed by atoms with Crippen LogP contribution in [-0.4, -0.2) is 29.1 Å². The molecule has 1 saturated heterocycles. The van der Waals surface area contributed by atoms with Crippen molar-refractivity contribution in [2.24, 2.45) is 17.8 Å². The second kappa shape index (κ2) is 7.39. The summed E-state index contributed by atoms with van der Waals surface area (Å²) in [5.74, 6) is -3.21. The fourth-order valence-electron chi connectivity index (χ4n) is 5.56. The van der Waals surface area contributed by atoms with Crippen LogP contribution in [0.1, 0.15) is 31.4 Å². The van der Waals surface area contributed by atoms with Crippen molar-refractivity contribution in [3.8, 4) is 11.1 Å². The van der Waals surface area contributed by atoms with Crippen molar-refractivity contribution in [3.63, 3.8) is 0 Å². The van der Waals surface area contributed by atoms with Gasteiger partial charge in [-0.15, -0.1) is 0 Å². The highest BCUT2D eigenvalue weighted by molar-refractivity contribution is 5.70. The van der Waals surface area contributed by atoms with Gasteiger partial charge in [0.15, 0.2) is 0 Å². The predicted octanol–water partition coefficient (Wildman–Crippen LogP) is 5.45. The molecule has 1 aromatic heterocycles. The molecule has 5 rings (SSSR count). The van der Waals surface area contributed by atoms with E-state index in [0.29, 0.717) is 25.1 Å². The molecule has 162 valence electrons. The van der Waals surface area contributed by atoms with E-state index < -0.39 is 17.6 Å². The number of carbonyl (C=O) groups excluding carboxylic acids is 1. The Hall–Kier alpha value is -2.83. The quantitative estimate of drug-likeness (QED) is 0.707. The molecule has 31 heavy (non-hydrogen) atoms. The third-order valence-corrected chi connectivity index (χ3v) is 6.93. The second-order valence-electron chi connectivity index (χ2n) is 8.90. The lowest BCUT2D eigenvalue weighted by Crippen LogP contribution is -2.38. The Balaban J connectivity index is 1.39. The first-order valence-corrected chi connectivity index (χ1v) is 10.6. The molecule has 3 aliphatic rings. The van der Waals surface area contributed by atoms with Gasteiger partial charge in [-0.1, -0.05) is 24.3 Å². The van der Waals surface area contributed by atoms with Gasteiger partial charge in [0.25, 0.3) is 0 Å². The Labute approximate surface area is 178 Å². The van der Waals surface area contributed by atoms with Gasteiger partial charge in [-0.2, -0.15) is 0 Å². The molecular weight excluding hydrogens is 405 g/mol. The van der Waals surface area contributed by atoms with Crippen LogP contribution in [-0.2, 0) is 4.74 Å². The third-order valence-electron chi connectivity index (χ3n) is 6.93. The van der Waals surface area contributed by atoms with Crippen molar-refractivity contribution in [1.29, 1.82) is 0 Å². The molecule has 2 saturated carbocycles. The largest absolute Gasteiger partial charge is 0.440 e. The van der Waals surface area contributed by atoms with Crippen LogP contribution in [0.4, 0.5) is 18.0 Å². The number of nitrogens with one attached hydrogen (secondary N) is 1. The monoisotopic (exact) mass is 428 g/mol. The summed E-state index contributed by atoms with van der Waals surface area (Å²) >= 11 is 0. The van der Waals surface area contributed by atoms with Crippen LogP contribution in [0.2, 0.25) is 0 Å². The van der Waals surface area contributed by atoms with E-state index in [1.54, 1.807) is 12.3 Å². The summed E-state index contributed by atoms with van der Waals surface area (Å²) in [6.07, 6.45) is 5.62. The molecule has 4 nitrogen and oxygen atoms in total. The van der Waals surface area contributed by atoms with E-state index in [4.69, 9.17) is 4.74 Å². The Morgan fingerprint density at radius 2 is 2.03 bits per heavy atom. The summed E-state index contributed by atoms with van der Waals surface area (Å²) in [6.45, 7) is 0.339. The van der Waals surface area contributed by atoms with Crippen LogP contribution in [0, 0.1) is 23.6 Å². The van der Waals surface area contributed by atoms with E-state index >= 15 is 0 Å². The highest BCUT2D eigenvalue weighted by Gasteiger charge is 2.60. The third kappa shape index (κ3) is 3.82. The van der Waals surface area contributed by atoms with Crippen LogP contribution in [0.5, 0.6) is 0 Å². The van der Waals surface area contributed by atoms with E-state index in [1.807, 2.05) is 30.4 Å². The Morgan fingerprint density at radius 3 is 2.74 bits per heavy atom. The molecule has 2 aromatic rings. The number of ether oxygens (including phenoxy) is 1. The van der Waals surface area contributed by atoms with Gasteiger partial charge in [0.05, 0.1) is 12.2 Å². The van der Waals surface area contributed by atoms with Crippen LogP contribution in [0.25, 0.3) is 17.2 Å². The van der Waals surface area contributed by atoms with Crippen molar-refractivity contribution in [1.82, 2.24) is 10.3 Å². The zero-order valence-electron chi connectivity index (χ0n) is 16.9. The van der Waals surface area contributed by atoms with E-state index in [2.05, 4.69) is 10.3 Å². The molecule has 1 spiro atoms. The molecule has 7 heteroatoms. The SMILES string of the molecule is O=C1NC[C@@]2(C[C@H]3CC(F)(F)CC[C@@H]3[C@H]2/C=C/c2ccc(-c3cccc(F)c3)cn2)O1. The average Bonchev–Trinajstić information content (AvgIpc) is 3.24. The number of alkyl halides is 2.